The van der Waals surface area contributed by atoms with E-state index in [1.165, 1.54) is 0 Å². The molecular formula is C13H11FeO-. The molecule has 1 aliphatic carbocycles. The molecule has 0 heterocycles. The van der Waals surface area contributed by atoms with Crippen LogP contribution < -0.4 is 0 Å². The van der Waals surface area contributed by atoms with Crippen LogP contribution in [-0.4, -0.2) is 5.78 Å². The van der Waals surface area contributed by atoms with Crippen molar-refractivity contribution < 1.29 is 21.9 Å². The molecule has 0 saturated carbocycles. The number of benzene rings is 1. The second kappa shape index (κ2) is 5.69. The second-order valence-corrected chi connectivity index (χ2v) is 3.28. The Morgan fingerprint density at radius 2 is 2.00 bits per heavy atom. The summed E-state index contributed by atoms with van der Waals surface area (Å²) >= 11 is 0. The summed E-state index contributed by atoms with van der Waals surface area (Å²) in [6.07, 6.45) is 8.09. The van der Waals surface area contributed by atoms with Crippen molar-refractivity contribution in [1.82, 2.24) is 0 Å². The van der Waals surface area contributed by atoms with Crippen LogP contribution in [0.1, 0.15) is 12.0 Å². The smallest absolute Gasteiger partial charge is 0.0537 e. The molecule has 2 heteroatoms. The SMILES string of the molecule is O=C(Cc1ccccc1)C1=[C-]CC=C1.[Fe]. The Kier molecular flexibility index (Phi) is 4.54. The van der Waals surface area contributed by atoms with Crippen LogP contribution >= 0.6 is 0 Å². The molecule has 1 nitrogen and oxygen atoms in total. The van der Waals surface area contributed by atoms with Crippen LogP contribution in [0.15, 0.2) is 48.1 Å². The topological polar surface area (TPSA) is 17.1 Å². The van der Waals surface area contributed by atoms with E-state index in [4.69, 9.17) is 0 Å². The Bertz CT molecular complexity index is 390. The summed E-state index contributed by atoms with van der Waals surface area (Å²) in [5.41, 5.74) is 1.79. The molecule has 0 fully saturated rings. The molecule has 0 aliphatic heterocycles. The second-order valence-electron chi connectivity index (χ2n) is 3.28. The molecule has 1 aromatic rings. The standard InChI is InChI=1S/C13H11O.Fe/c14-13(12-8-4-5-9-12)10-11-6-2-1-3-7-11;/h1-4,6-8H,5,10H2;/q-1;. The van der Waals surface area contributed by atoms with Gasteiger partial charge in [-0.15, -0.1) is 6.08 Å². The van der Waals surface area contributed by atoms with Gasteiger partial charge in [-0.3, -0.25) is 0 Å². The van der Waals surface area contributed by atoms with Crippen LogP contribution in [0.5, 0.6) is 0 Å². The van der Waals surface area contributed by atoms with Gasteiger partial charge in [-0.05, 0) is 6.42 Å². The molecule has 2 rings (SSSR count). The van der Waals surface area contributed by atoms with Gasteiger partial charge in [-0.25, -0.2) is 0 Å². The molecule has 0 spiro atoms. The van der Waals surface area contributed by atoms with Crippen molar-refractivity contribution in [3.63, 3.8) is 0 Å². The maximum Gasteiger partial charge on any atom is 0.0537 e. The molecular weight excluding hydrogens is 228 g/mol. The minimum absolute atomic E-state index is 0. The minimum Gasteiger partial charge on any atom is -0.370 e. The molecule has 0 saturated heterocycles. The van der Waals surface area contributed by atoms with Crippen LogP contribution in [0, 0.1) is 6.08 Å². The number of Topliss-reactive ketones (excluding diaryl/α,β-unsaturated/α-hetero) is 1. The number of hydrogen-bond acceptors (Lipinski definition) is 1. The van der Waals surface area contributed by atoms with E-state index in [-0.39, 0.29) is 22.9 Å². The van der Waals surface area contributed by atoms with E-state index in [0.29, 0.717) is 6.42 Å². The van der Waals surface area contributed by atoms with Gasteiger partial charge < -0.3 is 4.79 Å². The summed E-state index contributed by atoms with van der Waals surface area (Å²) in [5.74, 6) is 0.157. The average Bonchev–Trinajstić information content (AvgIpc) is 2.72. The normalized spacial score (nSPS) is 13.2. The van der Waals surface area contributed by atoms with Crippen molar-refractivity contribution >= 4 is 5.78 Å². The maximum atomic E-state index is 11.7. The van der Waals surface area contributed by atoms with Crippen LogP contribution in [0.3, 0.4) is 0 Å². The fourth-order valence-corrected chi connectivity index (χ4v) is 1.47. The first-order valence-corrected chi connectivity index (χ1v) is 4.71. The number of carbonyl (C=O) groups excluding carboxylic acids is 1. The van der Waals surface area contributed by atoms with E-state index in [1.807, 2.05) is 42.5 Å². The first-order valence-electron chi connectivity index (χ1n) is 4.71. The average molecular weight is 239 g/mol. The Hall–Kier alpha value is -1.11. The molecule has 1 aliphatic rings. The van der Waals surface area contributed by atoms with Gasteiger partial charge in [0.25, 0.3) is 0 Å². The maximum absolute atomic E-state index is 11.7. The number of carbonyl (C=O) groups is 1. The molecule has 0 aromatic heterocycles. The predicted molar refractivity (Wildman–Crippen MR) is 55.7 cm³/mol. The van der Waals surface area contributed by atoms with Gasteiger partial charge in [0.05, 0.1) is 5.78 Å². The molecule has 0 amide bonds. The zero-order chi connectivity index (χ0) is 9.80. The number of hydrogen-bond donors (Lipinski definition) is 0. The zero-order valence-electron chi connectivity index (χ0n) is 8.22. The fraction of sp³-hybridized carbons (Fsp3) is 0.154. The van der Waals surface area contributed by atoms with Gasteiger partial charge in [0.2, 0.25) is 0 Å². The van der Waals surface area contributed by atoms with Crippen LogP contribution in [0.25, 0.3) is 0 Å². The van der Waals surface area contributed by atoms with Crippen molar-refractivity contribution in [2.45, 2.75) is 12.8 Å². The first kappa shape index (κ1) is 12.0. The third-order valence-electron chi connectivity index (χ3n) is 2.20. The van der Waals surface area contributed by atoms with Gasteiger partial charge >= 0.3 is 0 Å². The molecule has 0 unspecified atom stereocenters. The van der Waals surface area contributed by atoms with Crippen molar-refractivity contribution in [3.8, 4) is 0 Å². The van der Waals surface area contributed by atoms with Crippen LogP contribution in [0.2, 0.25) is 0 Å². The Morgan fingerprint density at radius 3 is 2.60 bits per heavy atom. The van der Waals surface area contributed by atoms with Gasteiger partial charge in [0.1, 0.15) is 0 Å². The summed E-state index contributed by atoms with van der Waals surface area (Å²) in [7, 11) is 0. The van der Waals surface area contributed by atoms with Gasteiger partial charge in [-0.1, -0.05) is 42.3 Å². The number of rotatable bonds is 3. The van der Waals surface area contributed by atoms with Gasteiger partial charge in [-0.2, -0.15) is 17.7 Å². The van der Waals surface area contributed by atoms with Crippen LogP contribution in [-0.2, 0) is 28.3 Å². The first-order chi connectivity index (χ1) is 6.86. The molecule has 0 atom stereocenters. The fourth-order valence-electron chi connectivity index (χ4n) is 1.47. The summed E-state index contributed by atoms with van der Waals surface area (Å²) in [6, 6.07) is 9.79. The molecule has 0 radical (unpaired) electrons. The van der Waals surface area contributed by atoms with Crippen molar-refractivity contribution in [3.05, 3.63) is 59.7 Å². The summed E-state index contributed by atoms with van der Waals surface area (Å²) in [4.78, 5) is 11.7. The van der Waals surface area contributed by atoms with E-state index in [0.717, 1.165) is 17.6 Å². The van der Waals surface area contributed by atoms with Crippen molar-refractivity contribution in [2.75, 3.05) is 0 Å². The summed E-state index contributed by atoms with van der Waals surface area (Å²) < 4.78 is 0. The molecule has 15 heavy (non-hydrogen) atoms. The van der Waals surface area contributed by atoms with Gasteiger partial charge in [0.15, 0.2) is 0 Å². The quantitative estimate of drug-likeness (QED) is 0.585. The zero-order valence-corrected chi connectivity index (χ0v) is 9.32. The van der Waals surface area contributed by atoms with E-state index in [9.17, 15) is 4.79 Å². The predicted octanol–water partition coefficient (Wildman–Crippen LogP) is 2.49. The molecule has 0 N–H and O–H groups in total. The monoisotopic (exact) mass is 239 g/mol. The Labute approximate surface area is 100 Å². The van der Waals surface area contributed by atoms with Crippen molar-refractivity contribution in [1.29, 1.82) is 0 Å². The number of ketones is 1. The minimum atomic E-state index is 0. The summed E-state index contributed by atoms with van der Waals surface area (Å²) in [6.45, 7) is 0. The van der Waals surface area contributed by atoms with Crippen molar-refractivity contribution in [2.24, 2.45) is 0 Å². The Balaban J connectivity index is 0.00000112. The van der Waals surface area contributed by atoms with Crippen LogP contribution in [0.4, 0.5) is 0 Å². The van der Waals surface area contributed by atoms with E-state index in [2.05, 4.69) is 6.08 Å². The third-order valence-corrected chi connectivity index (χ3v) is 2.20. The van der Waals surface area contributed by atoms with E-state index in [1.54, 1.807) is 0 Å². The molecule has 0 bridgehead atoms. The summed E-state index contributed by atoms with van der Waals surface area (Å²) in [5, 5.41) is 0. The largest absolute Gasteiger partial charge is 0.370 e. The number of allylic oxidation sites excluding steroid dienone is 4. The molecule has 78 valence electrons. The van der Waals surface area contributed by atoms with Gasteiger partial charge in [0, 0.05) is 17.1 Å². The molecule has 1 aromatic carbocycles. The third kappa shape index (κ3) is 3.19. The van der Waals surface area contributed by atoms with E-state index >= 15 is 0 Å². The van der Waals surface area contributed by atoms with E-state index < -0.39 is 0 Å². The Morgan fingerprint density at radius 1 is 1.27 bits per heavy atom.